The maximum atomic E-state index is 12.0. The van der Waals surface area contributed by atoms with Gasteiger partial charge in [-0.2, -0.15) is 0 Å². The minimum atomic E-state index is -0.0780. The summed E-state index contributed by atoms with van der Waals surface area (Å²) in [6.45, 7) is 0.561. The van der Waals surface area contributed by atoms with E-state index < -0.39 is 0 Å². The summed E-state index contributed by atoms with van der Waals surface area (Å²) in [5, 5.41) is 13.1. The number of thioether (sulfide) groups is 1. The Hall–Kier alpha value is -2.77. The third-order valence-corrected chi connectivity index (χ3v) is 5.27. The number of fused-ring (bicyclic) bond motifs is 1. The number of amides is 1. The molecule has 0 radical (unpaired) electrons. The molecule has 4 rings (SSSR count). The second-order valence-corrected chi connectivity index (χ2v) is 7.50. The highest BCUT2D eigenvalue weighted by atomic mass is 35.5. The lowest BCUT2D eigenvalue weighted by Crippen LogP contribution is -2.27. The molecule has 2 aromatic heterocycles. The summed E-state index contributed by atoms with van der Waals surface area (Å²) in [6, 6.07) is 15.5. The predicted molar refractivity (Wildman–Crippen MR) is 110 cm³/mol. The van der Waals surface area contributed by atoms with Crippen LogP contribution in [0, 0.1) is 0 Å². The van der Waals surface area contributed by atoms with Crippen LogP contribution in [0.3, 0.4) is 0 Å². The number of hydrogen-bond acceptors (Lipinski definition) is 5. The standard InChI is InChI=1S/C20H17ClN4O2S/c21-14-7-5-13(6-8-14)9-10-22-18(26)12-28-20-25-24-19(27-20)16-11-23-17-4-2-1-3-15(16)17/h1-8,11,23H,9-10,12H2,(H,22,26). The highest BCUT2D eigenvalue weighted by molar-refractivity contribution is 7.99. The third-order valence-electron chi connectivity index (χ3n) is 4.20. The fourth-order valence-corrected chi connectivity index (χ4v) is 3.52. The molecule has 8 heteroatoms. The maximum Gasteiger partial charge on any atom is 0.277 e. The molecule has 2 N–H and O–H groups in total. The van der Waals surface area contributed by atoms with Crippen molar-refractivity contribution in [3.63, 3.8) is 0 Å². The van der Waals surface area contributed by atoms with Gasteiger partial charge in [-0.15, -0.1) is 10.2 Å². The molecule has 0 bridgehead atoms. The zero-order valence-corrected chi connectivity index (χ0v) is 16.4. The van der Waals surface area contributed by atoms with E-state index in [0.29, 0.717) is 22.7 Å². The Balaban J connectivity index is 1.28. The quantitative estimate of drug-likeness (QED) is 0.441. The van der Waals surface area contributed by atoms with Crippen molar-refractivity contribution in [2.75, 3.05) is 12.3 Å². The van der Waals surface area contributed by atoms with Crippen molar-refractivity contribution in [3.05, 3.63) is 65.3 Å². The number of para-hydroxylation sites is 1. The van der Waals surface area contributed by atoms with E-state index in [2.05, 4.69) is 20.5 Å². The van der Waals surface area contributed by atoms with Crippen molar-refractivity contribution in [2.24, 2.45) is 0 Å². The van der Waals surface area contributed by atoms with Gasteiger partial charge in [0, 0.05) is 28.7 Å². The first kappa shape index (κ1) is 18.6. The molecule has 28 heavy (non-hydrogen) atoms. The van der Waals surface area contributed by atoms with Crippen molar-refractivity contribution in [1.29, 1.82) is 0 Å². The van der Waals surface area contributed by atoms with E-state index in [1.807, 2.05) is 54.7 Å². The van der Waals surface area contributed by atoms with Crippen LogP contribution in [-0.2, 0) is 11.2 Å². The molecule has 142 valence electrons. The van der Waals surface area contributed by atoms with Gasteiger partial charge in [-0.25, -0.2) is 0 Å². The normalized spacial score (nSPS) is 11.0. The Kier molecular flexibility index (Phi) is 5.64. The molecule has 0 aliphatic carbocycles. The van der Waals surface area contributed by atoms with E-state index in [9.17, 15) is 4.79 Å². The number of nitrogens with one attached hydrogen (secondary N) is 2. The Morgan fingerprint density at radius 1 is 1.14 bits per heavy atom. The lowest BCUT2D eigenvalue weighted by molar-refractivity contribution is -0.118. The van der Waals surface area contributed by atoms with E-state index >= 15 is 0 Å². The van der Waals surface area contributed by atoms with Crippen molar-refractivity contribution in [3.8, 4) is 11.5 Å². The number of halogens is 1. The van der Waals surface area contributed by atoms with Gasteiger partial charge in [0.2, 0.25) is 5.91 Å². The number of aromatic nitrogens is 3. The molecule has 2 aromatic carbocycles. The van der Waals surface area contributed by atoms with Gasteiger partial charge in [0.05, 0.1) is 11.3 Å². The van der Waals surface area contributed by atoms with Crippen LogP contribution >= 0.6 is 23.4 Å². The van der Waals surface area contributed by atoms with Crippen molar-refractivity contribution in [2.45, 2.75) is 11.6 Å². The van der Waals surface area contributed by atoms with Crippen LogP contribution in [0.2, 0.25) is 5.02 Å². The summed E-state index contributed by atoms with van der Waals surface area (Å²) in [6.07, 6.45) is 2.59. The van der Waals surface area contributed by atoms with Crippen LogP contribution in [-0.4, -0.2) is 33.4 Å². The Morgan fingerprint density at radius 2 is 1.96 bits per heavy atom. The monoisotopic (exact) mass is 412 g/mol. The topological polar surface area (TPSA) is 83.8 Å². The molecule has 0 unspecified atom stereocenters. The SMILES string of the molecule is O=C(CSc1nnc(-c2c[nH]c3ccccc23)o1)NCCc1ccc(Cl)cc1. The minimum absolute atomic E-state index is 0.0780. The number of carbonyl (C=O) groups is 1. The van der Waals surface area contributed by atoms with Gasteiger partial charge in [-0.05, 0) is 30.2 Å². The Labute approximate surface area is 170 Å². The molecule has 0 fully saturated rings. The summed E-state index contributed by atoms with van der Waals surface area (Å²) < 4.78 is 5.70. The van der Waals surface area contributed by atoms with Crippen molar-refractivity contribution in [1.82, 2.24) is 20.5 Å². The smallest absolute Gasteiger partial charge is 0.277 e. The lowest BCUT2D eigenvalue weighted by atomic mass is 10.1. The van der Waals surface area contributed by atoms with Crippen molar-refractivity contribution < 1.29 is 9.21 Å². The molecule has 0 spiro atoms. The molecule has 1 amide bonds. The largest absolute Gasteiger partial charge is 0.411 e. The van der Waals surface area contributed by atoms with Crippen LogP contribution in [0.15, 0.2) is 64.4 Å². The molecular formula is C20H17ClN4O2S. The second kappa shape index (κ2) is 8.50. The van der Waals surface area contributed by atoms with E-state index in [0.717, 1.165) is 28.5 Å². The average molecular weight is 413 g/mol. The van der Waals surface area contributed by atoms with E-state index in [4.69, 9.17) is 16.0 Å². The van der Waals surface area contributed by atoms with Crippen LogP contribution in [0.1, 0.15) is 5.56 Å². The van der Waals surface area contributed by atoms with Gasteiger partial charge in [0.15, 0.2) is 0 Å². The number of aromatic amines is 1. The number of benzene rings is 2. The number of carbonyl (C=O) groups excluding carboxylic acids is 1. The Morgan fingerprint density at radius 3 is 2.82 bits per heavy atom. The minimum Gasteiger partial charge on any atom is -0.411 e. The molecule has 2 heterocycles. The molecule has 6 nitrogen and oxygen atoms in total. The first-order valence-electron chi connectivity index (χ1n) is 8.73. The zero-order valence-electron chi connectivity index (χ0n) is 14.8. The van der Waals surface area contributed by atoms with Crippen LogP contribution in [0.5, 0.6) is 0 Å². The van der Waals surface area contributed by atoms with Crippen molar-refractivity contribution >= 4 is 40.2 Å². The molecule has 0 aliphatic heterocycles. The summed E-state index contributed by atoms with van der Waals surface area (Å²) in [5.41, 5.74) is 2.98. The Bertz CT molecular complexity index is 1090. The summed E-state index contributed by atoms with van der Waals surface area (Å²) in [7, 11) is 0. The van der Waals surface area contributed by atoms with Gasteiger partial charge in [-0.3, -0.25) is 4.79 Å². The molecule has 0 saturated heterocycles. The lowest BCUT2D eigenvalue weighted by Gasteiger charge is -2.04. The van der Waals surface area contributed by atoms with Gasteiger partial charge < -0.3 is 14.7 Å². The zero-order chi connectivity index (χ0) is 19.3. The number of hydrogen-bond donors (Lipinski definition) is 2. The first-order chi connectivity index (χ1) is 13.7. The fourth-order valence-electron chi connectivity index (χ4n) is 2.80. The predicted octanol–water partition coefficient (Wildman–Crippen LogP) is 4.32. The number of H-pyrrole nitrogens is 1. The molecule has 4 aromatic rings. The summed E-state index contributed by atoms with van der Waals surface area (Å²) >= 11 is 7.08. The number of nitrogens with zero attached hydrogens (tertiary/aromatic N) is 2. The second-order valence-electron chi connectivity index (χ2n) is 6.14. The molecule has 0 saturated carbocycles. The number of rotatable bonds is 7. The van der Waals surface area contributed by atoms with E-state index in [1.165, 1.54) is 11.8 Å². The van der Waals surface area contributed by atoms with Crippen LogP contribution in [0.4, 0.5) is 0 Å². The van der Waals surface area contributed by atoms with Gasteiger partial charge in [0.1, 0.15) is 0 Å². The first-order valence-corrected chi connectivity index (χ1v) is 10.1. The molecular weight excluding hydrogens is 396 g/mol. The molecule has 0 atom stereocenters. The van der Waals surface area contributed by atoms with Crippen LogP contribution < -0.4 is 5.32 Å². The average Bonchev–Trinajstić information content (AvgIpc) is 3.34. The third kappa shape index (κ3) is 4.37. The van der Waals surface area contributed by atoms with Gasteiger partial charge in [0.25, 0.3) is 11.1 Å². The summed E-state index contributed by atoms with van der Waals surface area (Å²) in [4.78, 5) is 15.2. The van der Waals surface area contributed by atoms with Gasteiger partial charge >= 0.3 is 0 Å². The highest BCUT2D eigenvalue weighted by Crippen LogP contribution is 2.29. The fraction of sp³-hybridized carbons (Fsp3) is 0.150. The highest BCUT2D eigenvalue weighted by Gasteiger charge is 2.14. The van der Waals surface area contributed by atoms with E-state index in [-0.39, 0.29) is 11.7 Å². The summed E-state index contributed by atoms with van der Waals surface area (Å²) in [5.74, 6) is 0.574. The maximum absolute atomic E-state index is 12.0. The van der Waals surface area contributed by atoms with E-state index in [1.54, 1.807) is 0 Å². The van der Waals surface area contributed by atoms with Crippen LogP contribution in [0.25, 0.3) is 22.4 Å². The molecule has 0 aliphatic rings. The van der Waals surface area contributed by atoms with Gasteiger partial charge in [-0.1, -0.05) is 53.7 Å².